The van der Waals surface area contributed by atoms with E-state index in [1.165, 1.54) is 25.0 Å². The van der Waals surface area contributed by atoms with Crippen LogP contribution in [0.1, 0.15) is 56.1 Å². The highest BCUT2D eigenvalue weighted by molar-refractivity contribution is 7.90. The number of hydrogen-bond acceptors (Lipinski definition) is 6. The minimum atomic E-state index is -3.55. The zero-order valence-electron chi connectivity index (χ0n) is 17.0. The SMILES string of the molecule is CS(=O)(=O)c1ccc(C(O)=C2C(=O)CCCC2=O)c(Cl)c1CN(CC1CC1)C1CC1. The third-order valence-corrected chi connectivity index (χ3v) is 7.68. The van der Waals surface area contributed by atoms with Gasteiger partial charge in [-0.3, -0.25) is 14.5 Å². The number of rotatable bonds is 7. The van der Waals surface area contributed by atoms with Gasteiger partial charge in [0.1, 0.15) is 11.3 Å². The Morgan fingerprint density at radius 2 is 1.77 bits per heavy atom. The first-order valence-electron chi connectivity index (χ1n) is 10.4. The average Bonchev–Trinajstić information content (AvgIpc) is 3.55. The molecule has 0 unspecified atom stereocenters. The molecule has 0 atom stereocenters. The third kappa shape index (κ3) is 4.48. The van der Waals surface area contributed by atoms with Gasteiger partial charge in [-0.05, 0) is 50.2 Å². The molecule has 1 aromatic rings. The Morgan fingerprint density at radius 1 is 1.13 bits per heavy atom. The molecule has 1 N–H and O–H groups in total. The molecule has 0 bridgehead atoms. The Hall–Kier alpha value is -1.70. The average molecular weight is 452 g/mol. The van der Waals surface area contributed by atoms with Gasteiger partial charge in [-0.2, -0.15) is 0 Å². The maximum Gasteiger partial charge on any atom is 0.175 e. The number of carbonyl (C=O) groups is 2. The van der Waals surface area contributed by atoms with Crippen molar-refractivity contribution in [2.75, 3.05) is 12.8 Å². The van der Waals surface area contributed by atoms with Crippen molar-refractivity contribution in [2.45, 2.75) is 62.4 Å². The summed E-state index contributed by atoms with van der Waals surface area (Å²) in [4.78, 5) is 26.9. The Bertz CT molecular complexity index is 1020. The third-order valence-electron chi connectivity index (χ3n) is 6.07. The zero-order valence-corrected chi connectivity index (χ0v) is 18.6. The second-order valence-corrected chi connectivity index (χ2v) is 11.1. The van der Waals surface area contributed by atoms with Gasteiger partial charge in [0.2, 0.25) is 0 Å². The van der Waals surface area contributed by atoms with Gasteiger partial charge in [0, 0.05) is 49.4 Å². The van der Waals surface area contributed by atoms with Crippen LogP contribution >= 0.6 is 11.6 Å². The van der Waals surface area contributed by atoms with Gasteiger partial charge in [-0.1, -0.05) is 11.6 Å². The first kappa shape index (κ1) is 21.5. The fraction of sp³-hybridized carbons (Fsp3) is 0.545. The summed E-state index contributed by atoms with van der Waals surface area (Å²) in [6, 6.07) is 3.23. The highest BCUT2D eigenvalue weighted by Crippen LogP contribution is 2.39. The standard InChI is InChI=1S/C22H26ClNO5S/c1-30(28,29)19-10-9-15(22(27)20-17(25)3-2-4-18(20)26)21(23)16(19)12-24(14-7-8-14)11-13-5-6-13/h9-10,13-14,27H,2-8,11-12H2,1H3. The van der Waals surface area contributed by atoms with Crippen molar-refractivity contribution in [1.82, 2.24) is 4.90 Å². The molecule has 0 spiro atoms. The van der Waals surface area contributed by atoms with Crippen LogP contribution in [0.2, 0.25) is 5.02 Å². The first-order chi connectivity index (χ1) is 14.2. The second-order valence-electron chi connectivity index (χ2n) is 8.70. The minimum Gasteiger partial charge on any atom is -0.506 e. The zero-order chi connectivity index (χ0) is 21.6. The fourth-order valence-corrected chi connectivity index (χ4v) is 5.41. The molecule has 162 valence electrons. The van der Waals surface area contributed by atoms with Crippen LogP contribution in [-0.4, -0.2) is 48.8 Å². The molecule has 0 amide bonds. The number of allylic oxidation sites excluding steroid dienone is 1. The second kappa shape index (κ2) is 8.09. The van der Waals surface area contributed by atoms with E-state index >= 15 is 0 Å². The van der Waals surface area contributed by atoms with Crippen LogP contribution in [0, 0.1) is 5.92 Å². The Balaban J connectivity index is 1.79. The molecule has 30 heavy (non-hydrogen) atoms. The van der Waals surface area contributed by atoms with Crippen molar-refractivity contribution in [3.63, 3.8) is 0 Å². The van der Waals surface area contributed by atoms with Crippen molar-refractivity contribution in [3.05, 3.63) is 33.9 Å². The molecule has 4 rings (SSSR count). The number of Topliss-reactive ketones (excluding diaryl/α,β-unsaturated/α-hetero) is 2. The van der Waals surface area contributed by atoms with Crippen LogP contribution in [0.25, 0.3) is 5.76 Å². The lowest BCUT2D eigenvalue weighted by molar-refractivity contribution is -0.123. The molecular weight excluding hydrogens is 426 g/mol. The monoisotopic (exact) mass is 451 g/mol. The highest BCUT2D eigenvalue weighted by atomic mass is 35.5. The van der Waals surface area contributed by atoms with E-state index in [0.29, 0.717) is 30.5 Å². The number of carbonyl (C=O) groups excluding carboxylic acids is 2. The number of nitrogens with zero attached hydrogens (tertiary/aromatic N) is 1. The van der Waals surface area contributed by atoms with Crippen molar-refractivity contribution < 1.29 is 23.1 Å². The van der Waals surface area contributed by atoms with Gasteiger partial charge in [0.25, 0.3) is 0 Å². The molecule has 3 saturated carbocycles. The Labute approximate surface area is 181 Å². The first-order valence-corrected chi connectivity index (χ1v) is 12.7. The Morgan fingerprint density at radius 3 is 2.30 bits per heavy atom. The summed E-state index contributed by atoms with van der Waals surface area (Å²) in [6.07, 6.45) is 6.55. The summed E-state index contributed by atoms with van der Waals surface area (Å²) in [7, 11) is -3.55. The van der Waals surface area contributed by atoms with Crippen molar-refractivity contribution >= 4 is 38.8 Å². The van der Waals surface area contributed by atoms with E-state index < -0.39 is 27.2 Å². The molecule has 3 aliphatic carbocycles. The number of hydrogen-bond donors (Lipinski definition) is 1. The maximum atomic E-state index is 12.4. The lowest BCUT2D eigenvalue weighted by atomic mass is 9.89. The number of aliphatic hydroxyl groups excluding tert-OH is 1. The van der Waals surface area contributed by atoms with E-state index in [1.807, 2.05) is 0 Å². The molecule has 1 aromatic carbocycles. The van der Waals surface area contributed by atoms with Gasteiger partial charge < -0.3 is 5.11 Å². The molecule has 0 aromatic heterocycles. The summed E-state index contributed by atoms with van der Waals surface area (Å²) >= 11 is 6.64. The minimum absolute atomic E-state index is 0.0931. The Kier molecular flexibility index (Phi) is 5.81. The van der Waals surface area contributed by atoms with Crippen LogP contribution in [0.15, 0.2) is 22.6 Å². The predicted octanol–water partition coefficient (Wildman–Crippen LogP) is 3.71. The van der Waals surface area contributed by atoms with E-state index in [1.54, 1.807) is 0 Å². The largest absolute Gasteiger partial charge is 0.506 e. The highest BCUT2D eigenvalue weighted by Gasteiger charge is 2.35. The number of sulfone groups is 1. The number of benzene rings is 1. The molecule has 0 radical (unpaired) electrons. The lowest BCUT2D eigenvalue weighted by Crippen LogP contribution is -2.29. The van der Waals surface area contributed by atoms with Crippen LogP contribution < -0.4 is 0 Å². The van der Waals surface area contributed by atoms with Gasteiger partial charge in [-0.25, -0.2) is 8.42 Å². The van der Waals surface area contributed by atoms with Crippen LogP contribution in [-0.2, 0) is 26.0 Å². The maximum absolute atomic E-state index is 12.4. The molecule has 3 aliphatic rings. The van der Waals surface area contributed by atoms with Gasteiger partial charge in [0.15, 0.2) is 21.4 Å². The van der Waals surface area contributed by atoms with Crippen LogP contribution in [0.4, 0.5) is 0 Å². The van der Waals surface area contributed by atoms with E-state index in [-0.39, 0.29) is 33.9 Å². The van der Waals surface area contributed by atoms with E-state index in [4.69, 9.17) is 11.6 Å². The van der Waals surface area contributed by atoms with E-state index in [9.17, 15) is 23.1 Å². The number of aliphatic hydroxyl groups is 1. The molecule has 0 aliphatic heterocycles. The van der Waals surface area contributed by atoms with E-state index in [2.05, 4.69) is 4.90 Å². The normalized spacial score (nSPS) is 20.2. The van der Waals surface area contributed by atoms with Crippen molar-refractivity contribution in [2.24, 2.45) is 5.92 Å². The molecule has 6 nitrogen and oxygen atoms in total. The summed E-state index contributed by atoms with van der Waals surface area (Å²) < 4.78 is 24.9. The quantitative estimate of drug-likeness (QED) is 0.386. The van der Waals surface area contributed by atoms with Crippen LogP contribution in [0.5, 0.6) is 0 Å². The molecule has 0 heterocycles. The van der Waals surface area contributed by atoms with Gasteiger partial charge in [-0.15, -0.1) is 0 Å². The van der Waals surface area contributed by atoms with Crippen LogP contribution in [0.3, 0.4) is 0 Å². The molecular formula is C22H26ClNO5S. The lowest BCUT2D eigenvalue weighted by Gasteiger charge is -2.25. The summed E-state index contributed by atoms with van der Waals surface area (Å²) in [5.41, 5.74) is 0.338. The van der Waals surface area contributed by atoms with Gasteiger partial charge >= 0.3 is 0 Å². The smallest absolute Gasteiger partial charge is 0.175 e. The summed E-state index contributed by atoms with van der Waals surface area (Å²) in [6.45, 7) is 1.26. The molecule has 0 saturated heterocycles. The summed E-state index contributed by atoms with van der Waals surface area (Å²) in [5.74, 6) is -0.609. The van der Waals surface area contributed by atoms with Gasteiger partial charge in [0.05, 0.1) is 9.92 Å². The van der Waals surface area contributed by atoms with Crippen molar-refractivity contribution in [1.29, 1.82) is 0 Å². The fourth-order valence-electron chi connectivity index (χ4n) is 4.11. The topological polar surface area (TPSA) is 91.7 Å². The molecule has 8 heteroatoms. The van der Waals surface area contributed by atoms with Crippen molar-refractivity contribution in [3.8, 4) is 0 Å². The number of ketones is 2. The summed E-state index contributed by atoms with van der Waals surface area (Å²) in [5, 5.41) is 10.9. The van der Waals surface area contributed by atoms with E-state index in [0.717, 1.165) is 25.6 Å². The predicted molar refractivity (Wildman–Crippen MR) is 114 cm³/mol. The number of halogens is 1. The molecule has 3 fully saturated rings.